The number of nitrogens with one attached hydrogen (secondary N) is 1. The fraction of sp³-hybridized carbons (Fsp3) is 0.389. The Balaban J connectivity index is 1.52. The molecule has 0 heterocycles. The second-order valence-corrected chi connectivity index (χ2v) is 14.6. The van der Waals surface area contributed by atoms with Crippen molar-refractivity contribution in [2.45, 2.75) is 71.6 Å². The van der Waals surface area contributed by atoms with Crippen molar-refractivity contribution in [3.8, 4) is 5.75 Å². The molecule has 2 unspecified atom stereocenters. The number of carbonyl (C=O) groups is 2. The normalized spacial score (nSPS) is 16.2. The first-order chi connectivity index (χ1) is 22.0. The molecule has 11 heteroatoms. The molecule has 0 saturated carbocycles. The number of anilines is 1. The Kier molecular flexibility index (Phi) is 11.3. The Morgan fingerprint density at radius 2 is 1.60 bits per heavy atom. The molecule has 7 nitrogen and oxygen atoms in total. The van der Waals surface area contributed by atoms with Crippen LogP contribution in [0.5, 0.6) is 5.75 Å². The molecule has 3 aromatic carbocycles. The van der Waals surface area contributed by atoms with Gasteiger partial charge in [-0.05, 0) is 90.0 Å². The van der Waals surface area contributed by atoms with Crippen LogP contribution >= 0.6 is 0 Å². The molecule has 0 spiro atoms. The maximum atomic E-state index is 13.7. The molecule has 4 rings (SSSR count). The van der Waals surface area contributed by atoms with E-state index in [1.54, 1.807) is 24.3 Å². The first-order valence-electron chi connectivity index (χ1n) is 15.5. The van der Waals surface area contributed by atoms with E-state index in [-0.39, 0.29) is 36.4 Å². The number of alkyl halides is 3. The Morgan fingerprint density at radius 3 is 2.13 bits per heavy atom. The molecule has 47 heavy (non-hydrogen) atoms. The van der Waals surface area contributed by atoms with Gasteiger partial charge in [0.15, 0.2) is 5.78 Å². The number of ether oxygens (including phenoxy) is 1. The van der Waals surface area contributed by atoms with Crippen molar-refractivity contribution in [2.75, 3.05) is 11.1 Å². The summed E-state index contributed by atoms with van der Waals surface area (Å²) in [5.74, 6) is -1.59. The largest absolute Gasteiger partial charge is 0.573 e. The zero-order valence-electron chi connectivity index (χ0n) is 26.6. The summed E-state index contributed by atoms with van der Waals surface area (Å²) in [6, 6.07) is 19.5. The van der Waals surface area contributed by atoms with Crippen molar-refractivity contribution in [3.05, 3.63) is 101 Å². The Labute approximate surface area is 274 Å². The van der Waals surface area contributed by atoms with E-state index < -0.39 is 33.9 Å². The Hall–Kier alpha value is -3.96. The summed E-state index contributed by atoms with van der Waals surface area (Å²) in [7, 11) is -4.15. The number of halogens is 3. The molecule has 0 fully saturated rings. The number of carbonyl (C=O) groups excluding carboxylic acids is 2. The highest BCUT2D eigenvalue weighted by molar-refractivity contribution is 7.85. The van der Waals surface area contributed by atoms with Crippen molar-refractivity contribution in [3.63, 3.8) is 0 Å². The van der Waals surface area contributed by atoms with Crippen LogP contribution in [0.15, 0.2) is 78.9 Å². The number of rotatable bonds is 12. The van der Waals surface area contributed by atoms with E-state index in [4.69, 9.17) is 4.55 Å². The van der Waals surface area contributed by atoms with Crippen LogP contribution in [0.3, 0.4) is 0 Å². The summed E-state index contributed by atoms with van der Waals surface area (Å²) < 4.78 is 72.5. The molecule has 0 bridgehead atoms. The van der Waals surface area contributed by atoms with Crippen molar-refractivity contribution in [2.24, 2.45) is 11.3 Å². The van der Waals surface area contributed by atoms with Crippen molar-refractivity contribution in [1.82, 2.24) is 0 Å². The van der Waals surface area contributed by atoms with Gasteiger partial charge in [0.1, 0.15) is 5.75 Å². The molecular weight excluding hydrogens is 631 g/mol. The average Bonchev–Trinajstić information content (AvgIpc) is 2.99. The summed E-state index contributed by atoms with van der Waals surface area (Å²) in [4.78, 5) is 26.2. The van der Waals surface area contributed by atoms with Crippen molar-refractivity contribution < 1.29 is 40.5 Å². The smallest absolute Gasteiger partial charge is 0.406 e. The van der Waals surface area contributed by atoms with Gasteiger partial charge in [0, 0.05) is 17.7 Å². The fourth-order valence-corrected chi connectivity index (χ4v) is 6.27. The van der Waals surface area contributed by atoms with E-state index in [9.17, 15) is 31.2 Å². The summed E-state index contributed by atoms with van der Waals surface area (Å²) in [5.41, 5.74) is 4.81. The second kappa shape index (κ2) is 14.9. The molecule has 3 aromatic rings. The molecule has 0 saturated heterocycles. The van der Waals surface area contributed by atoms with Crippen LogP contribution in [0.2, 0.25) is 0 Å². The number of allylic oxidation sites excluding steroid dienone is 2. The van der Waals surface area contributed by atoms with Crippen LogP contribution in [0.25, 0.3) is 5.57 Å². The van der Waals surface area contributed by atoms with E-state index in [2.05, 4.69) is 36.9 Å². The lowest BCUT2D eigenvalue weighted by Crippen LogP contribution is -2.23. The molecule has 0 radical (unpaired) electrons. The molecule has 2 atom stereocenters. The molecule has 1 amide bonds. The Morgan fingerprint density at radius 1 is 0.957 bits per heavy atom. The van der Waals surface area contributed by atoms with Gasteiger partial charge in [-0.3, -0.25) is 14.1 Å². The zero-order valence-corrected chi connectivity index (χ0v) is 27.5. The number of ketones is 1. The Bertz CT molecular complexity index is 1670. The van der Waals surface area contributed by atoms with Crippen molar-refractivity contribution >= 4 is 33.1 Å². The summed E-state index contributed by atoms with van der Waals surface area (Å²) >= 11 is 0. The number of hydrogen-bond donors (Lipinski definition) is 2. The lowest BCUT2D eigenvalue weighted by Gasteiger charge is -2.33. The van der Waals surface area contributed by atoms with Crippen LogP contribution in [0.4, 0.5) is 18.9 Å². The van der Waals surface area contributed by atoms with Gasteiger partial charge >= 0.3 is 6.36 Å². The van der Waals surface area contributed by atoms with Crippen LogP contribution in [-0.4, -0.2) is 36.8 Å². The van der Waals surface area contributed by atoms with Gasteiger partial charge in [-0.25, -0.2) is 0 Å². The summed E-state index contributed by atoms with van der Waals surface area (Å²) in [6.45, 7) is 6.79. The third kappa shape index (κ3) is 11.1. The third-order valence-electron chi connectivity index (χ3n) is 8.51. The summed E-state index contributed by atoms with van der Waals surface area (Å²) in [5, 5.41) is 2.80. The van der Waals surface area contributed by atoms with E-state index >= 15 is 0 Å². The van der Waals surface area contributed by atoms with Crippen LogP contribution in [0, 0.1) is 11.3 Å². The zero-order chi connectivity index (χ0) is 34.4. The predicted octanol–water partition coefficient (Wildman–Crippen LogP) is 8.63. The maximum absolute atomic E-state index is 13.7. The van der Waals surface area contributed by atoms with Crippen molar-refractivity contribution in [1.29, 1.82) is 0 Å². The van der Waals surface area contributed by atoms with Crippen LogP contribution in [-0.2, 0) is 21.3 Å². The first kappa shape index (κ1) is 35.9. The SMILES string of the molecule is CC(C)(C)C1CC=C(c2ccc(C(Cc3ccc(C(=O)CCCS(=O)(=O)O)cc3)C(=O)Nc3ccc(OC(F)(F)F)cc3)cc2)CC1. The second-order valence-electron chi connectivity index (χ2n) is 13.0. The van der Waals surface area contributed by atoms with Gasteiger partial charge in [-0.2, -0.15) is 8.42 Å². The number of Topliss-reactive ketones (excluding diaryl/α,β-unsaturated/α-hetero) is 1. The summed E-state index contributed by atoms with van der Waals surface area (Å²) in [6.07, 6.45) is 0.783. The molecule has 0 aromatic heterocycles. The minimum Gasteiger partial charge on any atom is -0.406 e. The minimum atomic E-state index is -4.83. The van der Waals surface area contributed by atoms with Gasteiger partial charge < -0.3 is 10.1 Å². The van der Waals surface area contributed by atoms with E-state index in [1.807, 2.05) is 24.3 Å². The third-order valence-corrected chi connectivity index (χ3v) is 9.32. The van der Waals surface area contributed by atoms with Gasteiger partial charge in [0.25, 0.3) is 10.1 Å². The van der Waals surface area contributed by atoms with Gasteiger partial charge in [0.2, 0.25) is 5.91 Å². The molecule has 0 aliphatic heterocycles. The van der Waals surface area contributed by atoms with Crippen LogP contribution in [0.1, 0.15) is 85.8 Å². The quantitative estimate of drug-likeness (QED) is 0.147. The average molecular weight is 672 g/mol. The van der Waals surface area contributed by atoms with Gasteiger partial charge in [-0.1, -0.05) is 75.4 Å². The highest BCUT2D eigenvalue weighted by Gasteiger charge is 2.31. The number of amides is 1. The monoisotopic (exact) mass is 671 g/mol. The molecule has 252 valence electrons. The van der Waals surface area contributed by atoms with Gasteiger partial charge in [-0.15, -0.1) is 13.2 Å². The molecule has 1 aliphatic carbocycles. The number of benzene rings is 3. The van der Waals surface area contributed by atoms with Gasteiger partial charge in [0.05, 0.1) is 11.7 Å². The van der Waals surface area contributed by atoms with E-state index in [1.165, 1.54) is 17.7 Å². The van der Waals surface area contributed by atoms with Crippen LogP contribution < -0.4 is 10.1 Å². The van der Waals surface area contributed by atoms with E-state index in [0.717, 1.165) is 48.1 Å². The highest BCUT2D eigenvalue weighted by Crippen LogP contribution is 2.40. The fourth-order valence-electron chi connectivity index (χ4n) is 5.77. The minimum absolute atomic E-state index is 0.00492. The lowest BCUT2D eigenvalue weighted by atomic mass is 9.72. The first-order valence-corrected chi connectivity index (χ1v) is 17.1. The molecule has 2 N–H and O–H groups in total. The topological polar surface area (TPSA) is 110 Å². The molecular formula is C36H40F3NO6S. The molecule has 1 aliphatic rings. The maximum Gasteiger partial charge on any atom is 0.573 e. The standard InChI is InChI=1S/C36H40F3NO6S/c1-35(2,3)29-16-14-26(15-17-29)25-10-12-27(13-11-25)32(34(42)40-30-18-20-31(21-19-30)46-36(37,38)39)23-24-6-8-28(9-7-24)33(41)5-4-22-47(43,44)45/h6-14,18-21,29,32H,4-5,15-17,22-23H2,1-3H3,(H,40,42)(H,43,44,45). The number of hydrogen-bond acceptors (Lipinski definition) is 5. The highest BCUT2D eigenvalue weighted by atomic mass is 32.2. The lowest BCUT2D eigenvalue weighted by molar-refractivity contribution is -0.274. The van der Waals surface area contributed by atoms with E-state index in [0.29, 0.717) is 17.2 Å². The predicted molar refractivity (Wildman–Crippen MR) is 176 cm³/mol.